The maximum absolute atomic E-state index is 11.6. The summed E-state index contributed by atoms with van der Waals surface area (Å²) in [5.74, 6) is 0.747. The molecule has 4 nitrogen and oxygen atoms in total. The third-order valence-electron chi connectivity index (χ3n) is 5.02. The lowest BCUT2D eigenvalue weighted by molar-refractivity contribution is 0.0693. The molecule has 3 aliphatic rings. The number of anilines is 2. The fraction of sp³-hybridized carbons (Fsp3) is 0.333. The summed E-state index contributed by atoms with van der Waals surface area (Å²) >= 11 is 3.48. The Kier molecular flexibility index (Phi) is 3.60. The molecule has 2 bridgehead atoms. The maximum Gasteiger partial charge on any atom is 0.337 e. The highest BCUT2D eigenvalue weighted by Gasteiger charge is 2.38. The molecule has 118 valence electrons. The van der Waals surface area contributed by atoms with Gasteiger partial charge in [0.1, 0.15) is 5.82 Å². The van der Waals surface area contributed by atoms with Crippen LogP contribution in [0.1, 0.15) is 59.0 Å². The first-order valence-corrected chi connectivity index (χ1v) is 8.71. The molecule has 2 aromatic rings. The smallest absolute Gasteiger partial charge is 0.337 e. The summed E-state index contributed by atoms with van der Waals surface area (Å²) in [6.07, 6.45) is 5.98. The number of fused-ring (bicyclic) bond motifs is 2. The van der Waals surface area contributed by atoms with Crippen LogP contribution in [0.4, 0.5) is 11.5 Å². The summed E-state index contributed by atoms with van der Waals surface area (Å²) in [5.41, 5.74) is 3.49. The minimum atomic E-state index is -0.865. The van der Waals surface area contributed by atoms with E-state index in [9.17, 15) is 9.90 Å². The average Bonchev–Trinajstić information content (AvgIpc) is 2.56. The molecule has 5 rings (SSSR count). The molecule has 0 aliphatic heterocycles. The second-order valence-electron chi connectivity index (χ2n) is 6.34. The van der Waals surface area contributed by atoms with E-state index >= 15 is 0 Å². The van der Waals surface area contributed by atoms with Gasteiger partial charge in [0, 0.05) is 21.9 Å². The van der Waals surface area contributed by atoms with Crippen LogP contribution in [0.2, 0.25) is 0 Å². The molecular formula is C18H17BrN2O2. The molecule has 23 heavy (non-hydrogen) atoms. The third-order valence-corrected chi connectivity index (χ3v) is 5.51. The molecule has 1 aromatic heterocycles. The van der Waals surface area contributed by atoms with Crippen LogP contribution in [0.25, 0.3) is 0 Å². The first-order chi connectivity index (χ1) is 11.1. The fourth-order valence-electron chi connectivity index (χ4n) is 4.04. The Balaban J connectivity index is 1.83. The van der Waals surface area contributed by atoms with Gasteiger partial charge in [-0.15, -0.1) is 0 Å². The van der Waals surface area contributed by atoms with Crippen LogP contribution in [-0.4, -0.2) is 16.1 Å². The predicted octanol–water partition coefficient (Wildman–Crippen LogP) is 5.04. The van der Waals surface area contributed by atoms with Crippen molar-refractivity contribution < 1.29 is 9.90 Å². The van der Waals surface area contributed by atoms with Crippen molar-refractivity contribution in [1.29, 1.82) is 0 Å². The second-order valence-corrected chi connectivity index (χ2v) is 7.25. The van der Waals surface area contributed by atoms with E-state index < -0.39 is 5.97 Å². The Labute approximate surface area is 143 Å². The SMILES string of the molecule is O=C(O)c1cnc(Nc2cccc(Br)c2)c2c1C1CCC2CC1. The Hall–Kier alpha value is -1.88. The van der Waals surface area contributed by atoms with Crippen molar-refractivity contribution >= 4 is 33.4 Å². The molecule has 0 amide bonds. The van der Waals surface area contributed by atoms with Gasteiger partial charge >= 0.3 is 5.97 Å². The quantitative estimate of drug-likeness (QED) is 0.791. The van der Waals surface area contributed by atoms with Gasteiger partial charge in [-0.25, -0.2) is 9.78 Å². The zero-order valence-electron chi connectivity index (χ0n) is 12.6. The summed E-state index contributed by atoms with van der Waals surface area (Å²) in [5, 5.41) is 12.9. The number of carboxylic acids is 1. The first-order valence-electron chi connectivity index (χ1n) is 7.92. The highest BCUT2D eigenvalue weighted by molar-refractivity contribution is 9.10. The zero-order valence-corrected chi connectivity index (χ0v) is 14.1. The molecule has 1 fully saturated rings. The number of carboxylic acid groups (broad SMARTS) is 1. The zero-order chi connectivity index (χ0) is 16.0. The number of benzene rings is 1. The molecule has 2 N–H and O–H groups in total. The summed E-state index contributed by atoms with van der Waals surface area (Å²) in [4.78, 5) is 16.0. The Morgan fingerprint density at radius 2 is 1.87 bits per heavy atom. The molecular weight excluding hydrogens is 356 g/mol. The summed E-state index contributed by atoms with van der Waals surface area (Å²) < 4.78 is 1.00. The average molecular weight is 373 g/mol. The van der Waals surface area contributed by atoms with E-state index in [1.54, 1.807) is 0 Å². The van der Waals surface area contributed by atoms with Crippen LogP contribution in [0.15, 0.2) is 34.9 Å². The lowest BCUT2D eigenvalue weighted by atomic mass is 9.66. The van der Waals surface area contributed by atoms with E-state index in [4.69, 9.17) is 0 Å². The van der Waals surface area contributed by atoms with Gasteiger partial charge in [-0.2, -0.15) is 0 Å². The van der Waals surface area contributed by atoms with E-state index in [1.165, 1.54) is 6.20 Å². The number of carbonyl (C=O) groups is 1. The van der Waals surface area contributed by atoms with Crippen LogP contribution in [0.3, 0.4) is 0 Å². The van der Waals surface area contributed by atoms with Crippen LogP contribution >= 0.6 is 15.9 Å². The number of nitrogens with one attached hydrogen (secondary N) is 1. The summed E-state index contributed by atoms with van der Waals surface area (Å²) in [7, 11) is 0. The summed E-state index contributed by atoms with van der Waals surface area (Å²) in [6.45, 7) is 0. The monoisotopic (exact) mass is 372 g/mol. The largest absolute Gasteiger partial charge is 0.478 e. The molecule has 0 unspecified atom stereocenters. The molecule has 1 aromatic carbocycles. The topological polar surface area (TPSA) is 62.2 Å². The van der Waals surface area contributed by atoms with Gasteiger partial charge in [0.15, 0.2) is 0 Å². The number of aromatic nitrogens is 1. The molecule has 0 atom stereocenters. The minimum absolute atomic E-state index is 0.368. The maximum atomic E-state index is 11.6. The minimum Gasteiger partial charge on any atom is -0.478 e. The number of pyridine rings is 1. The Morgan fingerprint density at radius 1 is 1.17 bits per heavy atom. The van der Waals surface area contributed by atoms with Crippen molar-refractivity contribution in [3.8, 4) is 0 Å². The fourth-order valence-corrected chi connectivity index (χ4v) is 4.44. The van der Waals surface area contributed by atoms with E-state index in [0.717, 1.165) is 52.8 Å². The predicted molar refractivity (Wildman–Crippen MR) is 92.6 cm³/mol. The highest BCUT2D eigenvalue weighted by atomic mass is 79.9. The molecule has 5 heteroatoms. The first kappa shape index (κ1) is 14.7. The van der Waals surface area contributed by atoms with E-state index in [-0.39, 0.29) is 0 Å². The van der Waals surface area contributed by atoms with E-state index in [1.807, 2.05) is 24.3 Å². The van der Waals surface area contributed by atoms with Gasteiger partial charge in [0.05, 0.1) is 5.56 Å². The molecule has 0 saturated heterocycles. The van der Waals surface area contributed by atoms with Gasteiger partial charge in [-0.05, 0) is 61.3 Å². The highest BCUT2D eigenvalue weighted by Crippen LogP contribution is 2.52. The van der Waals surface area contributed by atoms with Crippen LogP contribution < -0.4 is 5.32 Å². The van der Waals surface area contributed by atoms with Crippen LogP contribution in [0.5, 0.6) is 0 Å². The number of hydrogen-bond donors (Lipinski definition) is 2. The molecule has 0 spiro atoms. The Morgan fingerprint density at radius 3 is 2.52 bits per heavy atom. The lowest BCUT2D eigenvalue weighted by Crippen LogP contribution is -2.26. The van der Waals surface area contributed by atoms with Gasteiger partial charge < -0.3 is 10.4 Å². The molecule has 1 heterocycles. The van der Waals surface area contributed by atoms with Gasteiger partial charge in [0.2, 0.25) is 0 Å². The van der Waals surface area contributed by atoms with Crippen molar-refractivity contribution in [2.45, 2.75) is 37.5 Å². The Bertz CT molecular complexity index is 783. The van der Waals surface area contributed by atoms with Crippen LogP contribution in [-0.2, 0) is 0 Å². The van der Waals surface area contributed by atoms with Crippen molar-refractivity contribution in [1.82, 2.24) is 4.98 Å². The molecule has 0 radical (unpaired) electrons. The number of hydrogen-bond acceptors (Lipinski definition) is 3. The second kappa shape index (κ2) is 5.64. The van der Waals surface area contributed by atoms with Crippen molar-refractivity contribution in [2.75, 3.05) is 5.32 Å². The van der Waals surface area contributed by atoms with Gasteiger partial charge in [0.25, 0.3) is 0 Å². The van der Waals surface area contributed by atoms with Crippen molar-refractivity contribution in [3.63, 3.8) is 0 Å². The summed E-state index contributed by atoms with van der Waals surface area (Å²) in [6, 6.07) is 7.94. The standard InChI is InChI=1S/C18H17BrN2O2/c19-12-2-1-3-13(8-12)21-17-16-11-6-4-10(5-7-11)15(16)14(9-20-17)18(22)23/h1-3,8-11H,4-7H2,(H,20,21)(H,22,23). The van der Waals surface area contributed by atoms with E-state index in [2.05, 4.69) is 26.2 Å². The van der Waals surface area contributed by atoms with Gasteiger partial charge in [-0.3, -0.25) is 0 Å². The number of halogens is 1. The molecule has 1 saturated carbocycles. The normalized spacial score (nSPS) is 21.8. The lowest BCUT2D eigenvalue weighted by Gasteiger charge is -2.39. The van der Waals surface area contributed by atoms with Gasteiger partial charge in [-0.1, -0.05) is 22.0 Å². The van der Waals surface area contributed by atoms with Crippen molar-refractivity contribution in [3.05, 3.63) is 51.6 Å². The van der Waals surface area contributed by atoms with E-state index in [0.29, 0.717) is 17.4 Å². The number of nitrogens with zero attached hydrogens (tertiary/aromatic N) is 1. The number of aromatic carboxylic acids is 1. The number of rotatable bonds is 3. The van der Waals surface area contributed by atoms with Crippen LogP contribution in [0, 0.1) is 0 Å². The molecule has 3 aliphatic carbocycles. The van der Waals surface area contributed by atoms with Crippen molar-refractivity contribution in [2.24, 2.45) is 0 Å². The third kappa shape index (κ3) is 2.53.